The SMILES string of the molecule is C=CCN(C)C(=O)C(C)(CC)CC. The number of carbonyl (C=O) groups is 1. The van der Waals surface area contributed by atoms with Crippen LogP contribution in [0.15, 0.2) is 12.7 Å². The van der Waals surface area contributed by atoms with Gasteiger partial charge >= 0.3 is 0 Å². The molecule has 2 heteroatoms. The van der Waals surface area contributed by atoms with Gasteiger partial charge in [-0.3, -0.25) is 4.79 Å². The molecule has 0 unspecified atom stereocenters. The monoisotopic (exact) mass is 183 g/mol. The Morgan fingerprint density at radius 1 is 1.46 bits per heavy atom. The van der Waals surface area contributed by atoms with Gasteiger partial charge in [-0.25, -0.2) is 0 Å². The molecule has 0 radical (unpaired) electrons. The van der Waals surface area contributed by atoms with Crippen LogP contribution in [0.4, 0.5) is 0 Å². The molecule has 2 nitrogen and oxygen atoms in total. The minimum Gasteiger partial charge on any atom is -0.342 e. The average molecular weight is 183 g/mol. The standard InChI is InChI=1S/C11H21NO/c1-6-9-12(5)10(13)11(4,7-2)8-3/h6H,1,7-9H2,2-5H3. The van der Waals surface area contributed by atoms with Crippen LogP contribution in [0.25, 0.3) is 0 Å². The lowest BCUT2D eigenvalue weighted by Gasteiger charge is -2.30. The summed E-state index contributed by atoms with van der Waals surface area (Å²) in [4.78, 5) is 13.6. The molecule has 0 spiro atoms. The van der Waals surface area contributed by atoms with E-state index in [0.29, 0.717) is 6.54 Å². The fraction of sp³-hybridized carbons (Fsp3) is 0.727. The molecular weight excluding hydrogens is 162 g/mol. The summed E-state index contributed by atoms with van der Waals surface area (Å²) in [6.45, 7) is 10.4. The van der Waals surface area contributed by atoms with E-state index < -0.39 is 0 Å². The van der Waals surface area contributed by atoms with Gasteiger partial charge in [-0.15, -0.1) is 6.58 Å². The zero-order valence-electron chi connectivity index (χ0n) is 9.26. The smallest absolute Gasteiger partial charge is 0.228 e. The lowest BCUT2D eigenvalue weighted by Crippen LogP contribution is -2.39. The predicted octanol–water partition coefficient (Wildman–Crippen LogP) is 2.46. The summed E-state index contributed by atoms with van der Waals surface area (Å²) in [6.07, 6.45) is 3.54. The van der Waals surface area contributed by atoms with Crippen molar-refractivity contribution in [2.24, 2.45) is 5.41 Å². The number of amides is 1. The number of nitrogens with zero attached hydrogens (tertiary/aromatic N) is 1. The highest BCUT2D eigenvalue weighted by atomic mass is 16.2. The molecule has 0 N–H and O–H groups in total. The van der Waals surface area contributed by atoms with Gasteiger partial charge in [0.05, 0.1) is 0 Å². The van der Waals surface area contributed by atoms with E-state index in [1.807, 2.05) is 14.0 Å². The third-order valence-corrected chi connectivity index (χ3v) is 2.83. The number of rotatable bonds is 5. The molecule has 76 valence electrons. The Hall–Kier alpha value is -0.790. The Kier molecular flexibility index (Phi) is 4.74. The van der Waals surface area contributed by atoms with Gasteiger partial charge in [0.15, 0.2) is 0 Å². The van der Waals surface area contributed by atoms with Crippen molar-refractivity contribution >= 4 is 5.91 Å². The van der Waals surface area contributed by atoms with E-state index in [0.717, 1.165) is 12.8 Å². The summed E-state index contributed by atoms with van der Waals surface area (Å²) in [5.41, 5.74) is -0.197. The molecule has 0 aliphatic carbocycles. The van der Waals surface area contributed by atoms with Crippen LogP contribution in [-0.4, -0.2) is 24.4 Å². The molecule has 0 aromatic carbocycles. The van der Waals surface area contributed by atoms with Crippen molar-refractivity contribution in [1.29, 1.82) is 0 Å². The van der Waals surface area contributed by atoms with Crippen LogP contribution < -0.4 is 0 Å². The first-order valence-electron chi connectivity index (χ1n) is 4.88. The van der Waals surface area contributed by atoms with E-state index in [9.17, 15) is 4.79 Å². The quantitative estimate of drug-likeness (QED) is 0.599. The first-order valence-corrected chi connectivity index (χ1v) is 4.88. The Morgan fingerprint density at radius 2 is 1.92 bits per heavy atom. The van der Waals surface area contributed by atoms with Crippen molar-refractivity contribution < 1.29 is 4.79 Å². The Balaban J connectivity index is 4.45. The second-order valence-electron chi connectivity index (χ2n) is 3.74. The van der Waals surface area contributed by atoms with Crippen LogP contribution in [-0.2, 0) is 4.79 Å². The second-order valence-corrected chi connectivity index (χ2v) is 3.74. The van der Waals surface area contributed by atoms with E-state index in [4.69, 9.17) is 0 Å². The van der Waals surface area contributed by atoms with Gasteiger partial charge in [-0.1, -0.05) is 26.8 Å². The maximum atomic E-state index is 11.9. The first-order chi connectivity index (χ1) is 6.01. The molecule has 0 saturated heterocycles. The van der Waals surface area contributed by atoms with Gasteiger partial charge in [-0.05, 0) is 12.8 Å². The van der Waals surface area contributed by atoms with E-state index in [-0.39, 0.29) is 11.3 Å². The average Bonchev–Trinajstić information content (AvgIpc) is 2.16. The Bertz CT molecular complexity index is 183. The maximum Gasteiger partial charge on any atom is 0.228 e. The Morgan fingerprint density at radius 3 is 2.23 bits per heavy atom. The van der Waals surface area contributed by atoms with Crippen molar-refractivity contribution in [2.75, 3.05) is 13.6 Å². The molecule has 0 aromatic rings. The summed E-state index contributed by atoms with van der Waals surface area (Å²) >= 11 is 0. The predicted molar refractivity (Wildman–Crippen MR) is 56.5 cm³/mol. The van der Waals surface area contributed by atoms with Crippen LogP contribution in [0, 0.1) is 5.41 Å². The zero-order valence-corrected chi connectivity index (χ0v) is 9.26. The maximum absolute atomic E-state index is 11.9. The van der Waals surface area contributed by atoms with Gasteiger partial charge in [0.25, 0.3) is 0 Å². The summed E-state index contributed by atoms with van der Waals surface area (Å²) in [5.74, 6) is 0.220. The number of hydrogen-bond donors (Lipinski definition) is 0. The molecule has 0 aliphatic rings. The summed E-state index contributed by atoms with van der Waals surface area (Å²) in [7, 11) is 1.83. The van der Waals surface area contributed by atoms with E-state index >= 15 is 0 Å². The fourth-order valence-electron chi connectivity index (χ4n) is 1.29. The van der Waals surface area contributed by atoms with Crippen LogP contribution in [0.5, 0.6) is 0 Å². The molecule has 0 saturated carbocycles. The van der Waals surface area contributed by atoms with E-state index in [1.165, 1.54) is 0 Å². The molecule has 0 bridgehead atoms. The van der Waals surface area contributed by atoms with Crippen molar-refractivity contribution in [1.82, 2.24) is 4.90 Å². The summed E-state index contributed by atoms with van der Waals surface area (Å²) in [5, 5.41) is 0. The normalized spacial score (nSPS) is 11.1. The molecule has 0 aliphatic heterocycles. The molecule has 0 aromatic heterocycles. The molecule has 0 heterocycles. The zero-order chi connectivity index (χ0) is 10.5. The fourth-order valence-corrected chi connectivity index (χ4v) is 1.29. The van der Waals surface area contributed by atoms with E-state index in [2.05, 4.69) is 20.4 Å². The van der Waals surface area contributed by atoms with Crippen LogP contribution in [0.2, 0.25) is 0 Å². The van der Waals surface area contributed by atoms with Gasteiger partial charge < -0.3 is 4.90 Å². The lowest BCUT2D eigenvalue weighted by molar-refractivity contribution is -0.139. The highest BCUT2D eigenvalue weighted by Crippen LogP contribution is 2.27. The topological polar surface area (TPSA) is 20.3 Å². The molecular formula is C11H21NO. The lowest BCUT2D eigenvalue weighted by atomic mass is 9.83. The first kappa shape index (κ1) is 12.2. The number of carbonyl (C=O) groups excluding carboxylic acids is 1. The van der Waals surface area contributed by atoms with Gasteiger partial charge in [0, 0.05) is 19.0 Å². The van der Waals surface area contributed by atoms with Gasteiger partial charge in [0.1, 0.15) is 0 Å². The molecule has 1 amide bonds. The number of likely N-dealkylation sites (N-methyl/N-ethyl adjacent to an activating group) is 1. The molecule has 13 heavy (non-hydrogen) atoms. The van der Waals surface area contributed by atoms with Crippen LogP contribution in [0.1, 0.15) is 33.6 Å². The molecule has 0 rings (SSSR count). The third kappa shape index (κ3) is 2.87. The minimum absolute atomic E-state index is 0.197. The summed E-state index contributed by atoms with van der Waals surface area (Å²) in [6, 6.07) is 0. The third-order valence-electron chi connectivity index (χ3n) is 2.83. The number of hydrogen-bond acceptors (Lipinski definition) is 1. The summed E-state index contributed by atoms with van der Waals surface area (Å²) < 4.78 is 0. The largest absolute Gasteiger partial charge is 0.342 e. The minimum atomic E-state index is -0.197. The van der Waals surface area contributed by atoms with Gasteiger partial charge in [-0.2, -0.15) is 0 Å². The van der Waals surface area contributed by atoms with Crippen molar-refractivity contribution in [2.45, 2.75) is 33.6 Å². The highest BCUT2D eigenvalue weighted by molar-refractivity contribution is 5.82. The second kappa shape index (κ2) is 5.05. The Labute approximate surface area is 81.6 Å². The van der Waals surface area contributed by atoms with Gasteiger partial charge in [0.2, 0.25) is 5.91 Å². The van der Waals surface area contributed by atoms with Crippen molar-refractivity contribution in [3.63, 3.8) is 0 Å². The van der Waals surface area contributed by atoms with Crippen LogP contribution in [0.3, 0.4) is 0 Å². The molecule has 0 atom stereocenters. The van der Waals surface area contributed by atoms with E-state index in [1.54, 1.807) is 11.0 Å². The van der Waals surface area contributed by atoms with Crippen LogP contribution >= 0.6 is 0 Å². The molecule has 0 fully saturated rings. The van der Waals surface area contributed by atoms with Crippen molar-refractivity contribution in [3.8, 4) is 0 Å². The highest BCUT2D eigenvalue weighted by Gasteiger charge is 2.31. The van der Waals surface area contributed by atoms with Crippen molar-refractivity contribution in [3.05, 3.63) is 12.7 Å².